The first kappa shape index (κ1) is 12.3. The second-order valence-corrected chi connectivity index (χ2v) is 5.13. The second kappa shape index (κ2) is 5.44. The summed E-state index contributed by atoms with van der Waals surface area (Å²) in [5.41, 5.74) is 0. The quantitative estimate of drug-likeness (QED) is 0.439. The summed E-state index contributed by atoms with van der Waals surface area (Å²) in [5.74, 6) is -0.258. The van der Waals surface area contributed by atoms with Gasteiger partial charge in [-0.05, 0) is 44.4 Å². The number of thiocarbonyl (C=S) groups is 1. The van der Waals surface area contributed by atoms with Crippen LogP contribution in [0.3, 0.4) is 0 Å². The summed E-state index contributed by atoms with van der Waals surface area (Å²) >= 11 is 9.35. The van der Waals surface area contributed by atoms with Gasteiger partial charge in [0.2, 0.25) is 0 Å². The number of hydrogen-bond donors (Lipinski definition) is 2. The Morgan fingerprint density at radius 2 is 2.25 bits per heavy atom. The van der Waals surface area contributed by atoms with Crippen LogP contribution in [0.5, 0.6) is 0 Å². The molecule has 6 heteroatoms. The summed E-state index contributed by atoms with van der Waals surface area (Å²) < 4.78 is 6.96. The smallest absolute Gasteiger partial charge is 0.330 e. The zero-order valence-electron chi connectivity index (χ0n) is 9.02. The predicted octanol–water partition coefficient (Wildman–Crippen LogP) is 0.918. The molecule has 0 radical (unpaired) electrons. The zero-order chi connectivity index (χ0) is 11.5. The molecule has 0 bridgehead atoms. The van der Waals surface area contributed by atoms with Crippen LogP contribution < -0.4 is 5.32 Å². The van der Waals surface area contributed by atoms with Crippen molar-refractivity contribution in [1.82, 2.24) is 9.62 Å². The number of thiol groups is 1. The van der Waals surface area contributed by atoms with Crippen molar-refractivity contribution >= 4 is 36.1 Å². The van der Waals surface area contributed by atoms with Gasteiger partial charge in [-0.2, -0.15) is 0 Å². The Hall–Kier alpha value is -0.170. The summed E-state index contributed by atoms with van der Waals surface area (Å²) in [7, 11) is 0. The molecular formula is C10H16N2O2S2. The third-order valence-electron chi connectivity index (χ3n) is 3.04. The molecule has 0 aliphatic carbocycles. The van der Waals surface area contributed by atoms with Crippen LogP contribution >= 0.6 is 25.0 Å². The topological polar surface area (TPSA) is 41.6 Å². The van der Waals surface area contributed by atoms with Crippen molar-refractivity contribution in [2.75, 3.05) is 13.1 Å². The lowest BCUT2D eigenvalue weighted by atomic mass is 10.2. The molecule has 2 aliphatic heterocycles. The van der Waals surface area contributed by atoms with Gasteiger partial charge in [-0.25, -0.2) is 9.10 Å². The first-order valence-electron chi connectivity index (χ1n) is 5.63. The molecule has 2 atom stereocenters. The number of hydrogen-bond acceptors (Lipinski definition) is 6. The summed E-state index contributed by atoms with van der Waals surface area (Å²) in [4.78, 5) is 11.8. The van der Waals surface area contributed by atoms with Crippen LogP contribution in [0.1, 0.15) is 25.7 Å². The van der Waals surface area contributed by atoms with E-state index in [1.54, 1.807) is 4.31 Å². The van der Waals surface area contributed by atoms with Crippen molar-refractivity contribution in [3.05, 3.63) is 0 Å². The van der Waals surface area contributed by atoms with Crippen LogP contribution in [0.15, 0.2) is 0 Å². The fourth-order valence-corrected chi connectivity index (χ4v) is 2.75. The van der Waals surface area contributed by atoms with Crippen molar-refractivity contribution in [1.29, 1.82) is 0 Å². The maximum atomic E-state index is 11.8. The Bertz CT molecular complexity index is 293. The van der Waals surface area contributed by atoms with Crippen molar-refractivity contribution in [2.24, 2.45) is 0 Å². The Labute approximate surface area is 106 Å². The largest absolute Gasteiger partial charge is 0.416 e. The first-order chi connectivity index (χ1) is 7.68. The van der Waals surface area contributed by atoms with E-state index in [1.165, 1.54) is 0 Å². The molecule has 90 valence electrons. The molecule has 2 aliphatic rings. The third kappa shape index (κ3) is 2.74. The van der Waals surface area contributed by atoms with Crippen LogP contribution in [0.2, 0.25) is 0 Å². The van der Waals surface area contributed by atoms with E-state index in [9.17, 15) is 4.79 Å². The molecule has 1 N–H and O–H groups in total. The molecule has 0 aromatic heterocycles. The highest BCUT2D eigenvalue weighted by molar-refractivity contribution is 7.80. The Morgan fingerprint density at radius 3 is 2.81 bits per heavy atom. The highest BCUT2D eigenvalue weighted by atomic mass is 32.1. The number of carbonyl (C=O) groups excluding carboxylic acids is 1. The normalized spacial score (nSPS) is 30.6. The second-order valence-electron chi connectivity index (χ2n) is 4.21. The van der Waals surface area contributed by atoms with E-state index in [-0.39, 0.29) is 18.1 Å². The zero-order valence-corrected chi connectivity index (χ0v) is 10.7. The van der Waals surface area contributed by atoms with Gasteiger partial charge in [-0.3, -0.25) is 0 Å². The minimum Gasteiger partial charge on any atom is -0.416 e. The lowest BCUT2D eigenvalue weighted by Crippen LogP contribution is -2.38. The molecule has 0 spiro atoms. The molecule has 0 aromatic carbocycles. The summed E-state index contributed by atoms with van der Waals surface area (Å²) in [6.07, 6.45) is 3.84. The minimum atomic E-state index is -0.258. The van der Waals surface area contributed by atoms with Gasteiger partial charge in [0.05, 0.1) is 6.04 Å². The SMILES string of the molecule is O=C(OC(=S)[C@@H]1CCCN1)[C@@H]1CCCN1S. The van der Waals surface area contributed by atoms with E-state index >= 15 is 0 Å². The molecule has 2 saturated heterocycles. The average Bonchev–Trinajstić information content (AvgIpc) is 2.86. The average molecular weight is 260 g/mol. The van der Waals surface area contributed by atoms with Crippen molar-refractivity contribution < 1.29 is 9.53 Å². The van der Waals surface area contributed by atoms with Gasteiger partial charge < -0.3 is 10.1 Å². The molecule has 16 heavy (non-hydrogen) atoms. The number of nitrogens with zero attached hydrogens (tertiary/aromatic N) is 1. The Balaban J connectivity index is 1.84. The van der Waals surface area contributed by atoms with E-state index in [4.69, 9.17) is 17.0 Å². The van der Waals surface area contributed by atoms with Crippen LogP contribution in [-0.4, -0.2) is 40.5 Å². The number of rotatable bonds is 2. The highest BCUT2D eigenvalue weighted by Crippen LogP contribution is 2.20. The maximum Gasteiger partial charge on any atom is 0.330 e. The molecule has 2 fully saturated rings. The van der Waals surface area contributed by atoms with Crippen LogP contribution in [0.4, 0.5) is 0 Å². The summed E-state index contributed by atoms with van der Waals surface area (Å²) in [6.45, 7) is 1.78. The molecule has 0 unspecified atom stereocenters. The van der Waals surface area contributed by atoms with Crippen LogP contribution in [-0.2, 0) is 9.53 Å². The molecule has 2 rings (SSSR count). The van der Waals surface area contributed by atoms with Gasteiger partial charge in [0.1, 0.15) is 6.04 Å². The lowest BCUT2D eigenvalue weighted by Gasteiger charge is -2.18. The van der Waals surface area contributed by atoms with Crippen molar-refractivity contribution in [3.63, 3.8) is 0 Å². The number of carbonyl (C=O) groups is 1. The van der Waals surface area contributed by atoms with Crippen LogP contribution in [0.25, 0.3) is 0 Å². The van der Waals surface area contributed by atoms with Gasteiger partial charge in [0, 0.05) is 6.54 Å². The van der Waals surface area contributed by atoms with Gasteiger partial charge in [0.25, 0.3) is 0 Å². The van der Waals surface area contributed by atoms with E-state index in [2.05, 4.69) is 18.1 Å². The molecule has 2 heterocycles. The van der Waals surface area contributed by atoms with Gasteiger partial charge >= 0.3 is 5.97 Å². The lowest BCUT2D eigenvalue weighted by molar-refractivity contribution is -0.138. The Morgan fingerprint density at radius 1 is 1.44 bits per heavy atom. The molecule has 0 amide bonds. The van der Waals surface area contributed by atoms with E-state index < -0.39 is 0 Å². The van der Waals surface area contributed by atoms with Crippen LogP contribution in [0, 0.1) is 0 Å². The summed E-state index contributed by atoms with van der Waals surface area (Å²) in [5, 5.41) is 3.60. The third-order valence-corrected chi connectivity index (χ3v) is 3.89. The van der Waals surface area contributed by atoms with Crippen molar-refractivity contribution in [3.8, 4) is 0 Å². The van der Waals surface area contributed by atoms with Gasteiger partial charge in [-0.1, -0.05) is 12.8 Å². The number of nitrogens with one attached hydrogen (secondary N) is 1. The standard InChI is InChI=1S/C10H16N2O2S2/c13-9(8-4-2-6-12(8)16)14-10(15)7-3-1-5-11-7/h7-8,11,16H,1-6H2/t7-,8-/m0/s1. The Kier molecular flexibility index (Phi) is 4.18. The molecule has 0 saturated carbocycles. The molecule has 4 nitrogen and oxygen atoms in total. The summed E-state index contributed by atoms with van der Waals surface area (Å²) in [6, 6.07) is -0.170. The fourth-order valence-electron chi connectivity index (χ4n) is 2.12. The van der Waals surface area contributed by atoms with Crippen molar-refractivity contribution in [2.45, 2.75) is 37.8 Å². The van der Waals surface area contributed by atoms with E-state index in [0.29, 0.717) is 5.05 Å². The maximum absolute atomic E-state index is 11.8. The molecule has 0 aromatic rings. The van der Waals surface area contributed by atoms with Gasteiger partial charge in [0.15, 0.2) is 5.05 Å². The number of esters is 1. The monoisotopic (exact) mass is 260 g/mol. The number of ether oxygens (including phenoxy) is 1. The van der Waals surface area contributed by atoms with E-state index in [0.717, 1.165) is 38.8 Å². The minimum absolute atomic E-state index is 0.0636. The highest BCUT2D eigenvalue weighted by Gasteiger charge is 2.32. The predicted molar refractivity (Wildman–Crippen MR) is 68.4 cm³/mol. The molecular weight excluding hydrogens is 244 g/mol. The van der Waals surface area contributed by atoms with Gasteiger partial charge in [-0.15, -0.1) is 0 Å². The first-order valence-corrected chi connectivity index (χ1v) is 6.44. The fraction of sp³-hybridized carbons (Fsp3) is 0.800. The van der Waals surface area contributed by atoms with E-state index in [1.807, 2.05) is 0 Å².